The minimum absolute atomic E-state index is 0. The summed E-state index contributed by atoms with van der Waals surface area (Å²) in [5, 5.41) is 3.62. The number of hydrogen-bond acceptors (Lipinski definition) is 3. The molecule has 3 aromatic carbocycles. The first-order chi connectivity index (χ1) is 10.5. The van der Waals surface area contributed by atoms with Gasteiger partial charge in [0.15, 0.2) is 0 Å². The normalized spacial score (nSPS) is 11.3. The van der Waals surface area contributed by atoms with Crippen LogP contribution >= 0.6 is 0 Å². The van der Waals surface area contributed by atoms with E-state index in [0.29, 0.717) is 11.0 Å². The van der Waals surface area contributed by atoms with Crippen molar-refractivity contribution in [1.82, 2.24) is 0 Å². The van der Waals surface area contributed by atoms with Crippen LogP contribution < -0.4 is 0 Å². The molecule has 113 valence electrons. The maximum Gasteiger partial charge on any atom is 0.297 e. The largest absolute Gasteiger partial charge is 0.297 e. The van der Waals surface area contributed by atoms with E-state index in [-0.39, 0.29) is 69.7 Å². The van der Waals surface area contributed by atoms with Crippen LogP contribution in [0.1, 0.15) is 6.92 Å². The average Bonchev–Trinajstić information content (AvgIpc) is 2.50. The van der Waals surface area contributed by atoms with Crippen LogP contribution in [0, 0.1) is 0 Å². The third-order valence-corrected chi connectivity index (χ3v) is 4.76. The van der Waals surface area contributed by atoms with Gasteiger partial charge in [0.25, 0.3) is 10.1 Å². The van der Waals surface area contributed by atoms with E-state index in [0.717, 1.165) is 16.2 Å². The Morgan fingerprint density at radius 3 is 2.26 bits per heavy atom. The van der Waals surface area contributed by atoms with Gasteiger partial charge in [-0.2, -0.15) is 8.42 Å². The van der Waals surface area contributed by atoms with Gasteiger partial charge in [0.05, 0.1) is 6.61 Å². The summed E-state index contributed by atoms with van der Waals surface area (Å²) in [7, 11) is -3.81. The molecule has 0 aromatic heterocycles. The van der Waals surface area contributed by atoms with Gasteiger partial charge in [0, 0.05) is 63.6 Å². The van der Waals surface area contributed by atoms with Crippen molar-refractivity contribution in [2.24, 2.45) is 0 Å². The minimum Gasteiger partial charge on any atom is -0.262 e. The van der Waals surface area contributed by atoms with E-state index in [1.165, 1.54) is 0 Å². The van der Waals surface area contributed by atoms with Gasteiger partial charge in [-0.3, -0.25) is 4.18 Å². The van der Waals surface area contributed by atoms with E-state index < -0.39 is 10.1 Å². The predicted octanol–water partition coefficient (Wildman–Crippen LogP) is 3.89. The van der Waals surface area contributed by atoms with Crippen molar-refractivity contribution in [3.05, 3.63) is 66.7 Å². The molecule has 0 bridgehead atoms. The van der Waals surface area contributed by atoms with E-state index in [1.54, 1.807) is 19.1 Å². The molecule has 0 spiro atoms. The summed E-state index contributed by atoms with van der Waals surface area (Å²) in [5.41, 5.74) is 0.661. The van der Waals surface area contributed by atoms with Crippen LogP contribution in [0.5, 0.6) is 0 Å². The molecule has 0 saturated carbocycles. The molecular formula is C18H16O3RbS. The summed E-state index contributed by atoms with van der Waals surface area (Å²) in [4.78, 5) is 0.192. The number of rotatable bonds is 4. The first-order valence-corrected chi connectivity index (χ1v) is 8.33. The molecule has 23 heavy (non-hydrogen) atoms. The van der Waals surface area contributed by atoms with Crippen LogP contribution in [0.3, 0.4) is 0 Å². The molecule has 0 aliphatic heterocycles. The van der Waals surface area contributed by atoms with Crippen molar-refractivity contribution in [2.45, 2.75) is 11.8 Å². The van der Waals surface area contributed by atoms with E-state index in [4.69, 9.17) is 4.18 Å². The third kappa shape index (κ3) is 4.19. The molecule has 0 amide bonds. The van der Waals surface area contributed by atoms with Gasteiger partial charge in [-0.25, -0.2) is 0 Å². The van der Waals surface area contributed by atoms with E-state index >= 15 is 0 Å². The second-order valence-corrected chi connectivity index (χ2v) is 6.93. The molecule has 5 heteroatoms. The summed E-state index contributed by atoms with van der Waals surface area (Å²) < 4.78 is 29.9. The SMILES string of the molecule is C=C(C)COS(=O)(=O)c1cccc2cc3ccccc3cc12.[Rb]. The Morgan fingerprint density at radius 1 is 1.00 bits per heavy atom. The zero-order valence-corrected chi connectivity index (χ0v) is 19.0. The monoisotopic (exact) mass is 397 g/mol. The fourth-order valence-corrected chi connectivity index (χ4v) is 3.57. The van der Waals surface area contributed by atoms with E-state index in [2.05, 4.69) is 6.58 Å². The fraction of sp³-hybridized carbons (Fsp3) is 0.111. The summed E-state index contributed by atoms with van der Waals surface area (Å²) in [6.45, 7) is 5.39. The van der Waals surface area contributed by atoms with Gasteiger partial charge >= 0.3 is 0 Å². The Hall–Kier alpha value is -0.365. The Balaban J connectivity index is 0.00000192. The smallest absolute Gasteiger partial charge is 0.262 e. The number of benzene rings is 3. The Morgan fingerprint density at radius 2 is 1.61 bits per heavy atom. The Kier molecular flexibility index (Phi) is 6.33. The summed E-state index contributed by atoms with van der Waals surface area (Å²) in [6.07, 6.45) is 0. The number of fused-ring (bicyclic) bond motifs is 2. The molecule has 0 atom stereocenters. The molecule has 0 aliphatic carbocycles. The molecule has 0 aliphatic rings. The zero-order chi connectivity index (χ0) is 15.7. The Labute approximate surface area is 185 Å². The summed E-state index contributed by atoms with van der Waals surface area (Å²) in [5.74, 6) is 0. The van der Waals surface area contributed by atoms with Crippen molar-refractivity contribution < 1.29 is 12.6 Å². The van der Waals surface area contributed by atoms with Gasteiger partial charge in [0.2, 0.25) is 0 Å². The van der Waals surface area contributed by atoms with Crippen molar-refractivity contribution in [1.29, 1.82) is 0 Å². The van der Waals surface area contributed by atoms with Gasteiger partial charge in [0.1, 0.15) is 4.90 Å². The average molecular weight is 398 g/mol. The van der Waals surface area contributed by atoms with Crippen LogP contribution in [-0.2, 0) is 14.3 Å². The molecule has 0 heterocycles. The first-order valence-electron chi connectivity index (χ1n) is 6.93. The van der Waals surface area contributed by atoms with Crippen LogP contribution in [0.4, 0.5) is 0 Å². The predicted molar refractivity (Wildman–Crippen MR) is 95.2 cm³/mol. The van der Waals surface area contributed by atoms with Crippen molar-refractivity contribution in [3.8, 4) is 0 Å². The van der Waals surface area contributed by atoms with E-state index in [1.807, 2.05) is 42.5 Å². The van der Waals surface area contributed by atoms with E-state index in [9.17, 15) is 8.42 Å². The molecule has 3 rings (SSSR count). The molecule has 0 saturated heterocycles. The third-order valence-electron chi connectivity index (χ3n) is 3.44. The fourth-order valence-electron chi connectivity index (χ4n) is 2.40. The second-order valence-electron chi connectivity index (χ2n) is 5.35. The van der Waals surface area contributed by atoms with Crippen LogP contribution in [0.2, 0.25) is 0 Å². The standard InChI is InChI=1S/C18H16O3S.Rb/c1-13(2)12-21-22(19,20)18-9-5-8-16-10-14-6-3-4-7-15(14)11-17(16)18;/h3-11H,1,12H2,2H3;. The minimum atomic E-state index is -3.81. The molecule has 3 nitrogen and oxygen atoms in total. The van der Waals surface area contributed by atoms with Gasteiger partial charge < -0.3 is 0 Å². The van der Waals surface area contributed by atoms with Crippen molar-refractivity contribution >= 4 is 89.9 Å². The summed E-state index contributed by atoms with van der Waals surface area (Å²) >= 11 is 0. The second kappa shape index (κ2) is 7.68. The molecule has 0 N–H and O–H groups in total. The summed E-state index contributed by atoms with van der Waals surface area (Å²) in [6, 6.07) is 17.0. The molecule has 0 fully saturated rings. The molecular weight excluding hydrogens is 382 g/mol. The van der Waals surface area contributed by atoms with Crippen molar-refractivity contribution in [2.75, 3.05) is 6.61 Å². The quantitative estimate of drug-likeness (QED) is 0.381. The maximum absolute atomic E-state index is 12.4. The van der Waals surface area contributed by atoms with Gasteiger partial charge in [-0.1, -0.05) is 48.6 Å². The molecule has 1 radical (unpaired) electrons. The number of hydrogen-bond donors (Lipinski definition) is 0. The Bertz CT molecular complexity index is 978. The van der Waals surface area contributed by atoms with Crippen LogP contribution in [-0.4, -0.2) is 73.2 Å². The topological polar surface area (TPSA) is 43.4 Å². The molecule has 0 unspecified atom stereocenters. The molecule has 3 aromatic rings. The maximum atomic E-state index is 12.4. The van der Waals surface area contributed by atoms with Crippen LogP contribution in [0.25, 0.3) is 21.5 Å². The van der Waals surface area contributed by atoms with Crippen LogP contribution in [0.15, 0.2) is 71.6 Å². The first kappa shape index (κ1) is 19.0. The van der Waals surface area contributed by atoms with Gasteiger partial charge in [-0.15, -0.1) is 0 Å². The zero-order valence-electron chi connectivity index (χ0n) is 13.2. The van der Waals surface area contributed by atoms with Crippen molar-refractivity contribution in [3.63, 3.8) is 0 Å². The van der Waals surface area contributed by atoms with Gasteiger partial charge in [-0.05, 0) is 41.3 Å².